The summed E-state index contributed by atoms with van der Waals surface area (Å²) in [4.78, 5) is 26.2. The van der Waals surface area contributed by atoms with Crippen LogP contribution in [-0.4, -0.2) is 18.6 Å². The third-order valence-corrected chi connectivity index (χ3v) is 5.19. The van der Waals surface area contributed by atoms with Crippen molar-refractivity contribution in [2.75, 3.05) is 17.4 Å². The number of amides is 2. The zero-order valence-corrected chi connectivity index (χ0v) is 15.8. The van der Waals surface area contributed by atoms with Gasteiger partial charge in [0.2, 0.25) is 12.7 Å². The summed E-state index contributed by atoms with van der Waals surface area (Å²) in [5.74, 6) is 0.800. The summed E-state index contributed by atoms with van der Waals surface area (Å²) in [5.41, 5.74) is 1.47. The molecule has 0 saturated heterocycles. The molecule has 1 aliphatic heterocycles. The van der Waals surface area contributed by atoms with Gasteiger partial charge in [-0.05, 0) is 42.1 Å². The molecular weight excluding hydrogens is 376 g/mol. The molecule has 0 aliphatic carbocycles. The lowest BCUT2D eigenvalue weighted by molar-refractivity contribution is -0.116. The van der Waals surface area contributed by atoms with Crippen LogP contribution >= 0.6 is 11.3 Å². The summed E-state index contributed by atoms with van der Waals surface area (Å²) in [6, 6.07) is 16.1. The Hall–Kier alpha value is -3.32. The minimum atomic E-state index is -0.312. The first-order valence-corrected chi connectivity index (χ1v) is 9.69. The molecule has 2 amide bonds. The average Bonchev–Trinajstić information content (AvgIpc) is 3.38. The lowest BCUT2D eigenvalue weighted by Crippen LogP contribution is -2.18. The van der Waals surface area contributed by atoms with E-state index in [0.29, 0.717) is 41.3 Å². The van der Waals surface area contributed by atoms with Crippen molar-refractivity contribution in [2.45, 2.75) is 12.8 Å². The molecule has 2 heterocycles. The Morgan fingerprint density at radius 2 is 1.82 bits per heavy atom. The first-order chi connectivity index (χ1) is 13.7. The lowest BCUT2D eigenvalue weighted by atomic mass is 10.1. The summed E-state index contributed by atoms with van der Waals surface area (Å²) in [6.07, 6.45) is 1.04. The standard InChI is InChI=1S/C21H18N2O4S/c24-20(10-8-15-4-3-11-28-15)23-17-6-2-1-5-16(17)21(25)22-14-7-9-18-19(12-14)27-13-26-18/h1-7,9,11-12H,8,10,13H2,(H,22,25)(H,23,24). The zero-order valence-electron chi connectivity index (χ0n) is 14.9. The first-order valence-electron chi connectivity index (χ1n) is 8.81. The number of hydrogen-bond acceptors (Lipinski definition) is 5. The molecule has 0 bridgehead atoms. The lowest BCUT2D eigenvalue weighted by Gasteiger charge is -2.12. The van der Waals surface area contributed by atoms with E-state index in [0.717, 1.165) is 4.88 Å². The van der Waals surface area contributed by atoms with Crippen LogP contribution in [-0.2, 0) is 11.2 Å². The molecule has 1 aromatic heterocycles. The third-order valence-electron chi connectivity index (χ3n) is 4.25. The molecule has 0 radical (unpaired) electrons. The van der Waals surface area contributed by atoms with Gasteiger partial charge in [0.1, 0.15) is 0 Å². The predicted octanol–water partition coefficient (Wildman–Crippen LogP) is 4.30. The number of fused-ring (bicyclic) bond motifs is 1. The highest BCUT2D eigenvalue weighted by Gasteiger charge is 2.17. The molecule has 7 heteroatoms. The van der Waals surface area contributed by atoms with E-state index in [4.69, 9.17) is 9.47 Å². The molecule has 0 atom stereocenters. The smallest absolute Gasteiger partial charge is 0.257 e. The van der Waals surface area contributed by atoms with Crippen molar-refractivity contribution < 1.29 is 19.1 Å². The number of ether oxygens (including phenoxy) is 2. The van der Waals surface area contributed by atoms with E-state index in [2.05, 4.69) is 10.6 Å². The molecular formula is C21H18N2O4S. The zero-order chi connectivity index (χ0) is 19.3. The highest BCUT2D eigenvalue weighted by Crippen LogP contribution is 2.34. The second-order valence-corrected chi connectivity index (χ2v) is 7.23. The van der Waals surface area contributed by atoms with Crippen molar-refractivity contribution in [3.63, 3.8) is 0 Å². The molecule has 2 aromatic carbocycles. The van der Waals surface area contributed by atoms with Crippen LogP contribution in [0.5, 0.6) is 11.5 Å². The quantitative estimate of drug-likeness (QED) is 0.654. The normalized spacial score (nSPS) is 11.9. The summed E-state index contributed by atoms with van der Waals surface area (Å²) in [6.45, 7) is 0.174. The maximum atomic E-state index is 12.7. The van der Waals surface area contributed by atoms with E-state index in [-0.39, 0.29) is 18.6 Å². The first kappa shape index (κ1) is 18.1. The van der Waals surface area contributed by atoms with Gasteiger partial charge in [-0.3, -0.25) is 9.59 Å². The number of aryl methyl sites for hydroxylation is 1. The van der Waals surface area contributed by atoms with Crippen LogP contribution in [0.4, 0.5) is 11.4 Å². The van der Waals surface area contributed by atoms with Gasteiger partial charge in [-0.15, -0.1) is 11.3 Å². The molecule has 3 aromatic rings. The number of benzene rings is 2. The van der Waals surface area contributed by atoms with Gasteiger partial charge in [0.05, 0.1) is 11.3 Å². The molecule has 6 nitrogen and oxygen atoms in total. The third kappa shape index (κ3) is 4.15. The highest BCUT2D eigenvalue weighted by atomic mass is 32.1. The van der Waals surface area contributed by atoms with Crippen LogP contribution in [0.3, 0.4) is 0 Å². The van der Waals surface area contributed by atoms with Crippen molar-refractivity contribution in [1.29, 1.82) is 0 Å². The van der Waals surface area contributed by atoms with Gasteiger partial charge in [0, 0.05) is 23.1 Å². The number of carbonyl (C=O) groups excluding carboxylic acids is 2. The number of nitrogens with one attached hydrogen (secondary N) is 2. The van der Waals surface area contributed by atoms with Crippen LogP contribution in [0.2, 0.25) is 0 Å². The number of para-hydroxylation sites is 1. The van der Waals surface area contributed by atoms with E-state index in [1.807, 2.05) is 17.5 Å². The number of anilines is 2. The summed E-state index contributed by atoms with van der Waals surface area (Å²) in [7, 11) is 0. The molecule has 1 aliphatic rings. The van der Waals surface area contributed by atoms with Crippen LogP contribution in [0, 0.1) is 0 Å². The van der Waals surface area contributed by atoms with Gasteiger partial charge in [-0.1, -0.05) is 18.2 Å². The Bertz CT molecular complexity index is 1000. The summed E-state index contributed by atoms with van der Waals surface area (Å²) < 4.78 is 10.6. The molecule has 142 valence electrons. The Balaban J connectivity index is 1.43. The monoisotopic (exact) mass is 394 g/mol. The largest absolute Gasteiger partial charge is 0.454 e. The van der Waals surface area contributed by atoms with Crippen molar-refractivity contribution in [1.82, 2.24) is 0 Å². The van der Waals surface area contributed by atoms with Gasteiger partial charge in [-0.2, -0.15) is 0 Å². The van der Waals surface area contributed by atoms with Gasteiger partial charge < -0.3 is 20.1 Å². The molecule has 0 unspecified atom stereocenters. The molecule has 4 rings (SSSR count). The molecule has 2 N–H and O–H groups in total. The van der Waals surface area contributed by atoms with Gasteiger partial charge in [-0.25, -0.2) is 0 Å². The van der Waals surface area contributed by atoms with Crippen LogP contribution in [0.1, 0.15) is 21.7 Å². The van der Waals surface area contributed by atoms with Crippen molar-refractivity contribution in [2.24, 2.45) is 0 Å². The van der Waals surface area contributed by atoms with E-state index < -0.39 is 0 Å². The summed E-state index contributed by atoms with van der Waals surface area (Å²) >= 11 is 1.63. The molecule has 0 fully saturated rings. The predicted molar refractivity (Wildman–Crippen MR) is 108 cm³/mol. The maximum Gasteiger partial charge on any atom is 0.257 e. The van der Waals surface area contributed by atoms with E-state index in [1.165, 1.54) is 0 Å². The van der Waals surface area contributed by atoms with Crippen molar-refractivity contribution in [3.8, 4) is 11.5 Å². The molecule has 0 spiro atoms. The van der Waals surface area contributed by atoms with E-state index in [9.17, 15) is 9.59 Å². The van der Waals surface area contributed by atoms with Gasteiger partial charge >= 0.3 is 0 Å². The summed E-state index contributed by atoms with van der Waals surface area (Å²) in [5, 5.41) is 7.66. The number of rotatable bonds is 6. The second kappa shape index (κ2) is 8.14. The number of hydrogen-bond donors (Lipinski definition) is 2. The highest BCUT2D eigenvalue weighted by molar-refractivity contribution is 7.09. The van der Waals surface area contributed by atoms with E-state index in [1.54, 1.807) is 53.8 Å². The molecule has 0 saturated carbocycles. The Labute approximate surface area is 166 Å². The Kier molecular flexibility index (Phi) is 5.25. The minimum Gasteiger partial charge on any atom is -0.454 e. The second-order valence-electron chi connectivity index (χ2n) is 6.20. The Morgan fingerprint density at radius 3 is 2.68 bits per heavy atom. The fraction of sp³-hybridized carbons (Fsp3) is 0.143. The fourth-order valence-corrected chi connectivity index (χ4v) is 3.58. The van der Waals surface area contributed by atoms with Gasteiger partial charge in [0.25, 0.3) is 5.91 Å². The van der Waals surface area contributed by atoms with Gasteiger partial charge in [0.15, 0.2) is 11.5 Å². The van der Waals surface area contributed by atoms with Crippen LogP contribution in [0.15, 0.2) is 60.0 Å². The Morgan fingerprint density at radius 1 is 0.964 bits per heavy atom. The molecule has 28 heavy (non-hydrogen) atoms. The SMILES string of the molecule is O=C(CCc1cccs1)Nc1ccccc1C(=O)Nc1ccc2c(c1)OCO2. The maximum absolute atomic E-state index is 12.7. The van der Waals surface area contributed by atoms with Crippen LogP contribution < -0.4 is 20.1 Å². The van der Waals surface area contributed by atoms with Crippen molar-refractivity contribution in [3.05, 3.63) is 70.4 Å². The number of thiophene rings is 1. The van der Waals surface area contributed by atoms with Crippen LogP contribution in [0.25, 0.3) is 0 Å². The fourth-order valence-electron chi connectivity index (χ4n) is 2.87. The van der Waals surface area contributed by atoms with E-state index >= 15 is 0 Å². The topological polar surface area (TPSA) is 76.7 Å². The number of carbonyl (C=O) groups is 2. The van der Waals surface area contributed by atoms with Crippen molar-refractivity contribution >= 4 is 34.5 Å². The minimum absolute atomic E-state index is 0.128. The average molecular weight is 394 g/mol.